The SMILES string of the molecule is NS(=O)(=O)C1CC(=O)N(c2ccccn2)C1. The summed E-state index contributed by atoms with van der Waals surface area (Å²) in [5.41, 5.74) is 0. The van der Waals surface area contributed by atoms with Crippen LogP contribution in [0.4, 0.5) is 5.82 Å². The van der Waals surface area contributed by atoms with Crippen molar-refractivity contribution in [3.8, 4) is 0 Å². The predicted molar refractivity (Wildman–Crippen MR) is 58.1 cm³/mol. The Kier molecular flexibility index (Phi) is 2.64. The second-order valence-corrected chi connectivity index (χ2v) is 5.45. The second kappa shape index (κ2) is 3.84. The van der Waals surface area contributed by atoms with Crippen LogP contribution in [0.5, 0.6) is 0 Å². The van der Waals surface area contributed by atoms with E-state index < -0.39 is 15.3 Å². The number of carbonyl (C=O) groups is 1. The average molecular weight is 241 g/mol. The second-order valence-electron chi connectivity index (χ2n) is 3.61. The molecule has 86 valence electrons. The van der Waals surface area contributed by atoms with Crippen LogP contribution in [0.15, 0.2) is 24.4 Å². The van der Waals surface area contributed by atoms with Gasteiger partial charge in [-0.1, -0.05) is 6.07 Å². The minimum absolute atomic E-state index is 0.0740. The molecule has 1 aromatic heterocycles. The number of hydrogen-bond donors (Lipinski definition) is 1. The number of nitrogens with two attached hydrogens (primary N) is 1. The predicted octanol–water partition coefficient (Wildman–Crippen LogP) is -0.525. The van der Waals surface area contributed by atoms with Crippen molar-refractivity contribution in [2.75, 3.05) is 11.4 Å². The lowest BCUT2D eigenvalue weighted by molar-refractivity contribution is -0.117. The summed E-state index contributed by atoms with van der Waals surface area (Å²) in [7, 11) is -3.67. The molecule has 6 nitrogen and oxygen atoms in total. The third-order valence-electron chi connectivity index (χ3n) is 2.48. The molecule has 16 heavy (non-hydrogen) atoms. The Bertz CT molecular complexity index is 500. The fraction of sp³-hybridized carbons (Fsp3) is 0.333. The van der Waals surface area contributed by atoms with E-state index in [4.69, 9.17) is 5.14 Å². The molecule has 1 aliphatic heterocycles. The molecule has 1 aromatic rings. The summed E-state index contributed by atoms with van der Waals surface area (Å²) >= 11 is 0. The van der Waals surface area contributed by atoms with E-state index in [-0.39, 0.29) is 18.9 Å². The van der Waals surface area contributed by atoms with Gasteiger partial charge in [-0.2, -0.15) is 0 Å². The van der Waals surface area contributed by atoms with E-state index in [0.717, 1.165) is 0 Å². The van der Waals surface area contributed by atoms with Gasteiger partial charge in [0.2, 0.25) is 15.9 Å². The van der Waals surface area contributed by atoms with Crippen LogP contribution in [0.3, 0.4) is 0 Å². The summed E-state index contributed by atoms with van der Waals surface area (Å²) in [4.78, 5) is 16.9. The van der Waals surface area contributed by atoms with E-state index in [1.54, 1.807) is 24.4 Å². The number of primary sulfonamides is 1. The molecular formula is C9H11N3O3S. The van der Waals surface area contributed by atoms with E-state index in [2.05, 4.69) is 4.98 Å². The maximum absolute atomic E-state index is 11.6. The molecule has 1 amide bonds. The van der Waals surface area contributed by atoms with Crippen LogP contribution < -0.4 is 10.0 Å². The molecule has 1 atom stereocenters. The Morgan fingerprint density at radius 1 is 1.44 bits per heavy atom. The third kappa shape index (κ3) is 2.05. The summed E-state index contributed by atoms with van der Waals surface area (Å²) in [5, 5.41) is 4.18. The van der Waals surface area contributed by atoms with E-state index >= 15 is 0 Å². The van der Waals surface area contributed by atoms with E-state index in [1.165, 1.54) is 4.90 Å². The zero-order chi connectivity index (χ0) is 11.8. The van der Waals surface area contributed by atoms with Gasteiger partial charge in [-0.3, -0.25) is 9.69 Å². The molecule has 2 heterocycles. The Hall–Kier alpha value is -1.47. The molecule has 0 aliphatic carbocycles. The van der Waals surface area contributed by atoms with Gasteiger partial charge in [0.1, 0.15) is 11.1 Å². The lowest BCUT2D eigenvalue weighted by Crippen LogP contribution is -2.32. The number of rotatable bonds is 2. The zero-order valence-electron chi connectivity index (χ0n) is 8.41. The van der Waals surface area contributed by atoms with Crippen molar-refractivity contribution in [2.24, 2.45) is 5.14 Å². The van der Waals surface area contributed by atoms with Crippen LogP contribution >= 0.6 is 0 Å². The number of amides is 1. The van der Waals surface area contributed by atoms with Gasteiger partial charge in [-0.25, -0.2) is 18.5 Å². The molecule has 1 fully saturated rings. The van der Waals surface area contributed by atoms with Crippen LogP contribution in [0.25, 0.3) is 0 Å². The van der Waals surface area contributed by atoms with Crippen LogP contribution in [-0.4, -0.2) is 31.1 Å². The lowest BCUT2D eigenvalue weighted by Gasteiger charge is -2.14. The van der Waals surface area contributed by atoms with Gasteiger partial charge >= 0.3 is 0 Å². The quantitative estimate of drug-likeness (QED) is 0.753. The molecule has 2 rings (SSSR count). The van der Waals surface area contributed by atoms with Crippen molar-refractivity contribution >= 4 is 21.7 Å². The standard InChI is InChI=1S/C9H11N3O3S/c10-16(14,15)7-5-9(13)12(6-7)8-3-1-2-4-11-8/h1-4,7H,5-6H2,(H2,10,14,15). The lowest BCUT2D eigenvalue weighted by atomic mass is 10.4. The van der Waals surface area contributed by atoms with Crippen molar-refractivity contribution in [3.63, 3.8) is 0 Å². The molecule has 0 spiro atoms. The van der Waals surface area contributed by atoms with Gasteiger partial charge in [-0.05, 0) is 12.1 Å². The topological polar surface area (TPSA) is 93.4 Å². The molecule has 0 radical (unpaired) electrons. The van der Waals surface area contributed by atoms with Crippen LogP contribution in [0.2, 0.25) is 0 Å². The van der Waals surface area contributed by atoms with Gasteiger partial charge in [0, 0.05) is 19.2 Å². The van der Waals surface area contributed by atoms with E-state index in [1.807, 2.05) is 0 Å². The van der Waals surface area contributed by atoms with Gasteiger partial charge in [0.25, 0.3) is 0 Å². The molecular weight excluding hydrogens is 230 g/mol. The van der Waals surface area contributed by atoms with Crippen molar-refractivity contribution in [2.45, 2.75) is 11.7 Å². The zero-order valence-corrected chi connectivity index (χ0v) is 9.22. The maximum atomic E-state index is 11.6. The van der Waals surface area contributed by atoms with E-state index in [0.29, 0.717) is 5.82 Å². The summed E-state index contributed by atoms with van der Waals surface area (Å²) in [6, 6.07) is 5.12. The number of carbonyl (C=O) groups excluding carboxylic acids is 1. The van der Waals surface area contributed by atoms with Gasteiger partial charge < -0.3 is 0 Å². The Morgan fingerprint density at radius 2 is 2.19 bits per heavy atom. The van der Waals surface area contributed by atoms with Crippen molar-refractivity contribution < 1.29 is 13.2 Å². The minimum Gasteiger partial charge on any atom is -0.295 e. The number of aromatic nitrogens is 1. The summed E-state index contributed by atoms with van der Waals surface area (Å²) in [5.74, 6) is 0.191. The summed E-state index contributed by atoms with van der Waals surface area (Å²) in [6.45, 7) is 0.0781. The third-order valence-corrected chi connectivity index (χ3v) is 3.72. The van der Waals surface area contributed by atoms with Crippen LogP contribution in [0.1, 0.15) is 6.42 Å². The number of anilines is 1. The first-order chi connectivity index (χ1) is 7.48. The Morgan fingerprint density at radius 3 is 2.69 bits per heavy atom. The summed E-state index contributed by atoms with van der Waals surface area (Å²) < 4.78 is 22.3. The van der Waals surface area contributed by atoms with Gasteiger partial charge in [0.15, 0.2) is 0 Å². The number of hydrogen-bond acceptors (Lipinski definition) is 4. The van der Waals surface area contributed by atoms with E-state index in [9.17, 15) is 13.2 Å². The van der Waals surface area contributed by atoms with Crippen molar-refractivity contribution in [1.82, 2.24) is 4.98 Å². The average Bonchev–Trinajstić information content (AvgIpc) is 2.61. The highest BCUT2D eigenvalue weighted by atomic mass is 32.2. The molecule has 1 unspecified atom stereocenters. The Labute approximate surface area is 93.1 Å². The molecule has 1 saturated heterocycles. The molecule has 2 N–H and O–H groups in total. The van der Waals surface area contributed by atoms with Crippen LogP contribution in [0, 0.1) is 0 Å². The summed E-state index contributed by atoms with van der Waals surface area (Å²) in [6.07, 6.45) is 1.47. The molecule has 1 aliphatic rings. The fourth-order valence-corrected chi connectivity index (χ4v) is 2.36. The number of nitrogens with zero attached hydrogens (tertiary/aromatic N) is 2. The van der Waals surface area contributed by atoms with Crippen molar-refractivity contribution in [1.29, 1.82) is 0 Å². The monoisotopic (exact) mass is 241 g/mol. The fourth-order valence-electron chi connectivity index (χ4n) is 1.63. The normalized spacial score (nSPS) is 21.4. The number of pyridine rings is 1. The number of sulfonamides is 1. The smallest absolute Gasteiger partial charge is 0.229 e. The van der Waals surface area contributed by atoms with Crippen LogP contribution in [-0.2, 0) is 14.8 Å². The first-order valence-electron chi connectivity index (χ1n) is 4.71. The minimum atomic E-state index is -3.67. The largest absolute Gasteiger partial charge is 0.295 e. The highest BCUT2D eigenvalue weighted by molar-refractivity contribution is 7.89. The van der Waals surface area contributed by atoms with Gasteiger partial charge in [-0.15, -0.1) is 0 Å². The molecule has 0 bridgehead atoms. The first-order valence-corrected chi connectivity index (χ1v) is 6.32. The molecule has 7 heteroatoms. The highest BCUT2D eigenvalue weighted by Crippen LogP contribution is 2.21. The molecule has 0 saturated carbocycles. The highest BCUT2D eigenvalue weighted by Gasteiger charge is 2.37. The Balaban J connectivity index is 2.25. The molecule has 0 aromatic carbocycles. The van der Waals surface area contributed by atoms with Crippen molar-refractivity contribution in [3.05, 3.63) is 24.4 Å². The first kappa shape index (κ1) is 11.0. The van der Waals surface area contributed by atoms with Gasteiger partial charge in [0.05, 0.1) is 0 Å². The maximum Gasteiger partial charge on any atom is 0.229 e.